The number of urea groups is 1. The van der Waals surface area contributed by atoms with E-state index in [1.54, 1.807) is 6.07 Å². The molecule has 4 N–H and O–H groups in total. The number of hydrogen-bond donors (Lipinski definition) is 3. The summed E-state index contributed by atoms with van der Waals surface area (Å²) in [6.45, 7) is 6.08. The van der Waals surface area contributed by atoms with Gasteiger partial charge >= 0.3 is 6.03 Å². The molecule has 9 heteroatoms. The number of anilines is 3. The molecule has 2 amide bonds. The van der Waals surface area contributed by atoms with E-state index in [9.17, 15) is 4.79 Å². The molecule has 3 heterocycles. The molecule has 9 nitrogen and oxygen atoms in total. The first-order chi connectivity index (χ1) is 15.3. The minimum absolute atomic E-state index is 0.160. The largest absolute Gasteiger partial charge is 0.383 e. The van der Waals surface area contributed by atoms with Crippen LogP contribution in [-0.4, -0.2) is 25.7 Å². The zero-order valence-electron chi connectivity index (χ0n) is 18.2. The molecular formula is C23H25N7O2. The van der Waals surface area contributed by atoms with Crippen molar-refractivity contribution in [1.29, 1.82) is 0 Å². The van der Waals surface area contributed by atoms with Gasteiger partial charge in [-0.1, -0.05) is 38.1 Å². The lowest BCUT2D eigenvalue weighted by Crippen LogP contribution is -2.19. The highest BCUT2D eigenvalue weighted by molar-refractivity contribution is 6.02. The fourth-order valence-electron chi connectivity index (χ4n) is 3.65. The van der Waals surface area contributed by atoms with Crippen LogP contribution in [0.25, 0.3) is 22.2 Å². The molecule has 1 fully saturated rings. The summed E-state index contributed by atoms with van der Waals surface area (Å²) in [4.78, 5) is 21.0. The lowest BCUT2D eigenvalue weighted by atomic mass is 9.92. The minimum Gasteiger partial charge on any atom is -0.383 e. The summed E-state index contributed by atoms with van der Waals surface area (Å²) in [5.74, 6) is 0.764. The van der Waals surface area contributed by atoms with Crippen LogP contribution in [0.5, 0.6) is 0 Å². The lowest BCUT2D eigenvalue weighted by molar-refractivity contribution is 0.261. The van der Waals surface area contributed by atoms with Crippen LogP contribution in [0.1, 0.15) is 45.3 Å². The molecule has 0 radical (unpaired) electrons. The van der Waals surface area contributed by atoms with E-state index in [2.05, 4.69) is 36.5 Å². The Morgan fingerprint density at radius 3 is 2.56 bits per heavy atom. The third kappa shape index (κ3) is 3.77. The number of nitrogens with one attached hydrogen (secondary N) is 2. The first-order valence-electron chi connectivity index (χ1n) is 10.6. The van der Waals surface area contributed by atoms with Gasteiger partial charge in [-0.2, -0.15) is 0 Å². The first-order valence-corrected chi connectivity index (χ1v) is 10.6. The smallest absolute Gasteiger partial charge is 0.326 e. The number of nitrogen functional groups attached to an aromatic ring is 1. The Morgan fingerprint density at radius 2 is 1.91 bits per heavy atom. The van der Waals surface area contributed by atoms with Crippen molar-refractivity contribution in [2.45, 2.75) is 45.1 Å². The Bertz CT molecular complexity index is 1290. The number of nitrogens with two attached hydrogens (primary N) is 1. The van der Waals surface area contributed by atoms with Crippen molar-refractivity contribution in [3.05, 3.63) is 48.5 Å². The fourth-order valence-corrected chi connectivity index (χ4v) is 3.65. The topological polar surface area (TPSA) is 124 Å². The number of aromatic nitrogens is 4. The zero-order valence-corrected chi connectivity index (χ0v) is 18.2. The number of amides is 2. The van der Waals surface area contributed by atoms with Gasteiger partial charge in [-0.15, -0.1) is 0 Å². The number of carbonyl (C=O) groups excluding carboxylic acids is 1. The van der Waals surface area contributed by atoms with Crippen molar-refractivity contribution in [3.8, 4) is 11.1 Å². The molecule has 32 heavy (non-hydrogen) atoms. The second-order valence-corrected chi connectivity index (χ2v) is 9.12. The molecule has 1 aliphatic carbocycles. The van der Waals surface area contributed by atoms with E-state index in [-0.39, 0.29) is 5.41 Å². The first kappa shape index (κ1) is 20.0. The molecule has 0 atom stereocenters. The predicted octanol–water partition coefficient (Wildman–Crippen LogP) is 4.94. The van der Waals surface area contributed by atoms with Crippen LogP contribution in [0.4, 0.5) is 22.2 Å². The summed E-state index contributed by atoms with van der Waals surface area (Å²) in [5, 5.41) is 10.3. The van der Waals surface area contributed by atoms with Crippen LogP contribution in [-0.2, 0) is 5.41 Å². The van der Waals surface area contributed by atoms with Gasteiger partial charge in [0.15, 0.2) is 0 Å². The Balaban J connectivity index is 1.34. The molecule has 0 spiro atoms. The quantitative estimate of drug-likeness (QED) is 0.420. The Kier molecular flexibility index (Phi) is 4.61. The maximum atomic E-state index is 12.4. The molecule has 4 aromatic rings. The number of nitrogens with zero attached hydrogens (tertiary/aromatic N) is 4. The SMILES string of the molecule is CC(C)(C)c1cc(NC(=O)Nc2ccc(-c3cn(C4CC4)c4ncnc(N)c34)cc2)on1. The van der Waals surface area contributed by atoms with Gasteiger partial charge < -0.3 is 20.1 Å². The molecule has 0 aliphatic heterocycles. The van der Waals surface area contributed by atoms with Crippen LogP contribution in [0.2, 0.25) is 0 Å². The maximum absolute atomic E-state index is 12.4. The van der Waals surface area contributed by atoms with E-state index >= 15 is 0 Å². The number of rotatable bonds is 4. The highest BCUT2D eigenvalue weighted by atomic mass is 16.5. The molecule has 1 saturated carbocycles. The highest BCUT2D eigenvalue weighted by Gasteiger charge is 2.27. The van der Waals surface area contributed by atoms with Crippen molar-refractivity contribution < 1.29 is 9.32 Å². The van der Waals surface area contributed by atoms with Crippen molar-refractivity contribution >= 4 is 34.5 Å². The molecule has 0 saturated heterocycles. The van der Waals surface area contributed by atoms with Crippen LogP contribution in [0.15, 0.2) is 47.4 Å². The molecule has 0 unspecified atom stereocenters. The molecule has 3 aromatic heterocycles. The molecule has 164 valence electrons. The van der Waals surface area contributed by atoms with Crippen molar-refractivity contribution in [2.75, 3.05) is 16.4 Å². The van der Waals surface area contributed by atoms with Crippen LogP contribution < -0.4 is 16.4 Å². The Morgan fingerprint density at radius 1 is 1.16 bits per heavy atom. The second-order valence-electron chi connectivity index (χ2n) is 9.12. The van der Waals surface area contributed by atoms with E-state index in [0.29, 0.717) is 23.4 Å². The van der Waals surface area contributed by atoms with E-state index < -0.39 is 6.03 Å². The van der Waals surface area contributed by atoms with Gasteiger partial charge in [0.25, 0.3) is 0 Å². The van der Waals surface area contributed by atoms with E-state index in [1.165, 1.54) is 6.33 Å². The molecule has 0 bridgehead atoms. The Hall–Kier alpha value is -3.88. The second kappa shape index (κ2) is 7.37. The summed E-state index contributed by atoms with van der Waals surface area (Å²) in [5.41, 5.74) is 10.3. The predicted molar refractivity (Wildman–Crippen MR) is 123 cm³/mol. The van der Waals surface area contributed by atoms with Gasteiger partial charge in [-0.25, -0.2) is 14.8 Å². The lowest BCUT2D eigenvalue weighted by Gasteiger charge is -2.12. The summed E-state index contributed by atoms with van der Waals surface area (Å²) in [6.07, 6.45) is 5.89. The molecule has 1 aromatic carbocycles. The van der Waals surface area contributed by atoms with Crippen molar-refractivity contribution in [1.82, 2.24) is 19.7 Å². The summed E-state index contributed by atoms with van der Waals surface area (Å²) < 4.78 is 7.39. The zero-order chi connectivity index (χ0) is 22.5. The van der Waals surface area contributed by atoms with E-state index in [4.69, 9.17) is 10.3 Å². The third-order valence-corrected chi connectivity index (χ3v) is 5.55. The number of carbonyl (C=O) groups is 1. The summed E-state index contributed by atoms with van der Waals surface area (Å²) in [6, 6.07) is 9.37. The standard InChI is InChI=1S/C23H25N7O2/c1-23(2,3)17-10-18(32-29-17)28-22(31)27-14-6-4-13(5-7-14)16-11-30(15-8-9-15)21-19(16)20(24)25-12-26-21/h4-7,10-12,15H,8-9H2,1-3H3,(H2,24,25,26)(H2,27,28,31). The molecule has 1 aliphatic rings. The van der Waals surface area contributed by atoms with Crippen LogP contribution in [0.3, 0.4) is 0 Å². The molecule has 5 rings (SSSR count). The van der Waals surface area contributed by atoms with Crippen molar-refractivity contribution in [2.24, 2.45) is 0 Å². The number of fused-ring (bicyclic) bond motifs is 1. The normalized spacial score (nSPS) is 14.0. The van der Waals surface area contributed by atoms with E-state index in [1.807, 2.05) is 45.0 Å². The van der Waals surface area contributed by atoms with Crippen molar-refractivity contribution in [3.63, 3.8) is 0 Å². The van der Waals surface area contributed by atoms with Gasteiger partial charge in [-0.3, -0.25) is 5.32 Å². The van der Waals surface area contributed by atoms with Crippen LogP contribution in [0, 0.1) is 0 Å². The molecular weight excluding hydrogens is 406 g/mol. The monoisotopic (exact) mass is 431 g/mol. The van der Waals surface area contributed by atoms with Crippen LogP contribution >= 0.6 is 0 Å². The number of hydrogen-bond acceptors (Lipinski definition) is 6. The number of benzene rings is 1. The average Bonchev–Trinajstić information content (AvgIpc) is 3.33. The van der Waals surface area contributed by atoms with Gasteiger partial charge in [0.1, 0.15) is 17.8 Å². The highest BCUT2D eigenvalue weighted by Crippen LogP contribution is 2.42. The summed E-state index contributed by atoms with van der Waals surface area (Å²) >= 11 is 0. The average molecular weight is 432 g/mol. The Labute approximate surface area is 185 Å². The van der Waals surface area contributed by atoms with Gasteiger partial charge in [0.05, 0.1) is 11.1 Å². The van der Waals surface area contributed by atoms with Gasteiger partial charge in [0.2, 0.25) is 5.88 Å². The third-order valence-electron chi connectivity index (χ3n) is 5.55. The van der Waals surface area contributed by atoms with Gasteiger partial charge in [0, 0.05) is 35.0 Å². The maximum Gasteiger partial charge on any atom is 0.326 e. The van der Waals surface area contributed by atoms with Gasteiger partial charge in [-0.05, 0) is 30.5 Å². The minimum atomic E-state index is -0.405. The fraction of sp³-hybridized carbons (Fsp3) is 0.304. The van der Waals surface area contributed by atoms with E-state index in [0.717, 1.165) is 40.7 Å². The summed E-state index contributed by atoms with van der Waals surface area (Å²) in [7, 11) is 0.